The second-order valence-electron chi connectivity index (χ2n) is 12.2. The first-order valence-electron chi connectivity index (χ1n) is 13.0. The van der Waals surface area contributed by atoms with Gasteiger partial charge in [-0.05, 0) is 111 Å². The summed E-state index contributed by atoms with van der Waals surface area (Å²) in [5, 5.41) is 26.2. The molecule has 0 spiro atoms. The highest BCUT2D eigenvalue weighted by Crippen LogP contribution is 2.68. The number of fused-ring (bicyclic) bond motifs is 5. The lowest BCUT2D eigenvalue weighted by Gasteiger charge is -2.62. The van der Waals surface area contributed by atoms with E-state index < -0.39 is 0 Å². The predicted octanol–water partition coefficient (Wildman–Crippen LogP) is 4.69. The SMILES string of the molecule is C[C@H](CCCn1cncn1)[C@H]1CC[C@H]2[C@@H]3CC[C@@H]4C[C@H](O)CC[C@]4(C)[C@H]3C[C@H](O)[C@]12C. The Morgan fingerprint density at radius 3 is 2.68 bits per heavy atom. The Bertz CT molecular complexity index is 754. The molecule has 2 N–H and O–H groups in total. The molecule has 0 aromatic carbocycles. The van der Waals surface area contributed by atoms with Gasteiger partial charge in [0.05, 0.1) is 12.2 Å². The van der Waals surface area contributed by atoms with Gasteiger partial charge in [-0.3, -0.25) is 4.68 Å². The first-order chi connectivity index (χ1) is 14.8. The van der Waals surface area contributed by atoms with Crippen molar-refractivity contribution in [1.29, 1.82) is 0 Å². The highest BCUT2D eigenvalue weighted by Gasteiger charge is 2.63. The molecule has 1 heterocycles. The molecule has 10 atom stereocenters. The summed E-state index contributed by atoms with van der Waals surface area (Å²) in [7, 11) is 0. The lowest BCUT2D eigenvalue weighted by Crippen LogP contribution is -2.58. The van der Waals surface area contributed by atoms with Crippen molar-refractivity contribution in [3.05, 3.63) is 12.7 Å². The monoisotopic (exact) mass is 429 g/mol. The second-order valence-corrected chi connectivity index (χ2v) is 12.2. The molecule has 31 heavy (non-hydrogen) atoms. The van der Waals surface area contributed by atoms with Crippen molar-refractivity contribution in [3.63, 3.8) is 0 Å². The van der Waals surface area contributed by atoms with E-state index in [-0.39, 0.29) is 17.6 Å². The van der Waals surface area contributed by atoms with Gasteiger partial charge in [0.2, 0.25) is 0 Å². The third-order valence-electron chi connectivity index (χ3n) is 11.0. The van der Waals surface area contributed by atoms with Crippen molar-refractivity contribution in [2.75, 3.05) is 0 Å². The number of hydrogen-bond acceptors (Lipinski definition) is 4. The first-order valence-corrected chi connectivity index (χ1v) is 13.0. The van der Waals surface area contributed by atoms with E-state index >= 15 is 0 Å². The van der Waals surface area contributed by atoms with Gasteiger partial charge in [-0.25, -0.2) is 4.98 Å². The fraction of sp³-hybridized carbons (Fsp3) is 0.923. The van der Waals surface area contributed by atoms with E-state index in [2.05, 4.69) is 30.9 Å². The minimum atomic E-state index is -0.175. The predicted molar refractivity (Wildman–Crippen MR) is 121 cm³/mol. The van der Waals surface area contributed by atoms with E-state index in [9.17, 15) is 10.2 Å². The summed E-state index contributed by atoms with van der Waals surface area (Å²) in [6.07, 6.45) is 14.8. The molecule has 5 heteroatoms. The Labute approximate surface area is 188 Å². The molecule has 4 fully saturated rings. The van der Waals surface area contributed by atoms with Crippen molar-refractivity contribution >= 4 is 0 Å². The zero-order chi connectivity index (χ0) is 21.8. The zero-order valence-electron chi connectivity index (χ0n) is 19.8. The standard InChI is InChI=1S/C26H43N3O2/c1-17(5-4-12-29-16-27-15-28-29)21-8-9-22-20-7-6-18-13-19(30)10-11-25(18,2)23(20)14-24(31)26(21,22)3/h15-24,30-31H,4-14H2,1-3H3/t17-,18-,19-,20+,21-,22+,23+,24+,25+,26-/m1/s1. The van der Waals surface area contributed by atoms with Crippen LogP contribution in [0.5, 0.6) is 0 Å². The molecule has 0 unspecified atom stereocenters. The van der Waals surface area contributed by atoms with Crippen molar-refractivity contribution < 1.29 is 10.2 Å². The van der Waals surface area contributed by atoms with E-state index in [0.717, 1.165) is 44.6 Å². The maximum absolute atomic E-state index is 11.7. The molecule has 5 rings (SSSR count). The topological polar surface area (TPSA) is 71.2 Å². The van der Waals surface area contributed by atoms with Crippen LogP contribution in [0.3, 0.4) is 0 Å². The largest absolute Gasteiger partial charge is 0.393 e. The van der Waals surface area contributed by atoms with Gasteiger partial charge in [-0.1, -0.05) is 20.8 Å². The average Bonchev–Trinajstić information content (AvgIpc) is 3.38. The quantitative estimate of drug-likeness (QED) is 0.713. The molecular formula is C26H43N3O2. The van der Waals surface area contributed by atoms with E-state index in [0.29, 0.717) is 35.0 Å². The van der Waals surface area contributed by atoms with Crippen LogP contribution < -0.4 is 0 Å². The minimum Gasteiger partial charge on any atom is -0.393 e. The number of aliphatic hydroxyl groups excluding tert-OH is 2. The molecule has 4 aliphatic carbocycles. The molecule has 5 nitrogen and oxygen atoms in total. The van der Waals surface area contributed by atoms with Crippen molar-refractivity contribution in [2.45, 2.75) is 104 Å². The molecular weight excluding hydrogens is 386 g/mol. The Morgan fingerprint density at radius 2 is 1.90 bits per heavy atom. The average molecular weight is 430 g/mol. The fourth-order valence-electron chi connectivity index (χ4n) is 9.28. The van der Waals surface area contributed by atoms with Gasteiger partial charge in [0.1, 0.15) is 12.7 Å². The molecule has 0 radical (unpaired) electrons. The molecule has 4 saturated carbocycles. The number of hydrogen-bond donors (Lipinski definition) is 2. The molecule has 1 aromatic heterocycles. The first kappa shape index (κ1) is 21.9. The normalized spacial score (nSPS) is 48.0. The van der Waals surface area contributed by atoms with Crippen LogP contribution in [0.15, 0.2) is 12.7 Å². The number of aliphatic hydroxyl groups is 2. The van der Waals surface area contributed by atoms with Gasteiger partial charge in [0.25, 0.3) is 0 Å². The van der Waals surface area contributed by atoms with Crippen molar-refractivity contribution in [1.82, 2.24) is 14.8 Å². The zero-order valence-corrected chi connectivity index (χ0v) is 19.8. The van der Waals surface area contributed by atoms with Gasteiger partial charge >= 0.3 is 0 Å². The Kier molecular flexibility index (Phi) is 5.74. The highest BCUT2D eigenvalue weighted by atomic mass is 16.3. The lowest BCUT2D eigenvalue weighted by molar-refractivity contribution is -0.174. The summed E-state index contributed by atoms with van der Waals surface area (Å²) in [5.41, 5.74) is 0.400. The Morgan fingerprint density at radius 1 is 1.06 bits per heavy atom. The summed E-state index contributed by atoms with van der Waals surface area (Å²) in [4.78, 5) is 4.05. The number of rotatable bonds is 5. The maximum Gasteiger partial charge on any atom is 0.137 e. The summed E-state index contributed by atoms with van der Waals surface area (Å²) in [5.74, 6) is 4.02. The molecule has 0 aliphatic heterocycles. The number of nitrogens with zero attached hydrogens (tertiary/aromatic N) is 3. The number of aryl methyl sites for hydroxylation is 1. The molecule has 0 amide bonds. The molecule has 0 saturated heterocycles. The Hall–Kier alpha value is -0.940. The third-order valence-corrected chi connectivity index (χ3v) is 11.0. The van der Waals surface area contributed by atoms with Gasteiger partial charge in [0.15, 0.2) is 0 Å². The lowest BCUT2D eigenvalue weighted by atomic mass is 9.43. The van der Waals surface area contributed by atoms with Crippen LogP contribution in [-0.4, -0.2) is 37.2 Å². The van der Waals surface area contributed by atoms with Gasteiger partial charge in [0, 0.05) is 6.54 Å². The minimum absolute atomic E-state index is 0.0746. The van der Waals surface area contributed by atoms with E-state index in [1.54, 1.807) is 6.33 Å². The molecule has 174 valence electrons. The van der Waals surface area contributed by atoms with Gasteiger partial charge < -0.3 is 10.2 Å². The summed E-state index contributed by atoms with van der Waals surface area (Å²) in [6, 6.07) is 0. The van der Waals surface area contributed by atoms with Crippen LogP contribution >= 0.6 is 0 Å². The van der Waals surface area contributed by atoms with E-state index in [1.807, 2.05) is 11.0 Å². The van der Waals surface area contributed by atoms with Crippen LogP contribution in [0.2, 0.25) is 0 Å². The van der Waals surface area contributed by atoms with E-state index in [4.69, 9.17) is 0 Å². The van der Waals surface area contributed by atoms with Crippen molar-refractivity contribution in [2.24, 2.45) is 46.3 Å². The number of aromatic nitrogens is 3. The van der Waals surface area contributed by atoms with Crippen LogP contribution in [0.4, 0.5) is 0 Å². The molecule has 1 aromatic rings. The van der Waals surface area contributed by atoms with Crippen molar-refractivity contribution in [3.8, 4) is 0 Å². The molecule has 4 aliphatic rings. The van der Waals surface area contributed by atoms with Crippen LogP contribution in [0.25, 0.3) is 0 Å². The second kappa shape index (κ2) is 8.13. The van der Waals surface area contributed by atoms with Crippen LogP contribution in [0, 0.1) is 46.3 Å². The van der Waals surface area contributed by atoms with Crippen LogP contribution in [-0.2, 0) is 6.54 Å². The maximum atomic E-state index is 11.7. The summed E-state index contributed by atoms with van der Waals surface area (Å²) < 4.78 is 1.94. The third kappa shape index (κ3) is 3.49. The Balaban J connectivity index is 1.30. The summed E-state index contributed by atoms with van der Waals surface area (Å²) in [6.45, 7) is 8.33. The molecule has 0 bridgehead atoms. The summed E-state index contributed by atoms with van der Waals surface area (Å²) >= 11 is 0. The highest BCUT2D eigenvalue weighted by molar-refractivity contribution is 5.12. The fourth-order valence-corrected chi connectivity index (χ4v) is 9.28. The van der Waals surface area contributed by atoms with Gasteiger partial charge in [-0.15, -0.1) is 0 Å². The van der Waals surface area contributed by atoms with E-state index in [1.165, 1.54) is 32.1 Å². The van der Waals surface area contributed by atoms with Gasteiger partial charge in [-0.2, -0.15) is 5.10 Å². The van der Waals surface area contributed by atoms with Crippen LogP contribution in [0.1, 0.15) is 85.0 Å². The smallest absolute Gasteiger partial charge is 0.137 e.